The van der Waals surface area contributed by atoms with Crippen LogP contribution in [0.15, 0.2) is 35.6 Å². The van der Waals surface area contributed by atoms with Crippen LogP contribution in [0.1, 0.15) is 24.6 Å². The number of guanidine groups is 1. The average Bonchev–Trinajstić information content (AvgIpc) is 3.22. The van der Waals surface area contributed by atoms with Crippen LogP contribution in [0.5, 0.6) is 5.88 Å². The summed E-state index contributed by atoms with van der Waals surface area (Å²) in [6.45, 7) is 7.28. The Morgan fingerprint density at radius 3 is 3.04 bits per heavy atom. The molecule has 1 saturated heterocycles. The molecular weight excluding hydrogens is 431 g/mol. The van der Waals surface area contributed by atoms with Crippen LogP contribution in [0, 0.1) is 6.92 Å². The molecule has 0 bridgehead atoms. The number of H-pyrrole nitrogens is 1. The Balaban J connectivity index is 0.00000225. The van der Waals surface area contributed by atoms with Crippen molar-refractivity contribution in [2.75, 3.05) is 19.6 Å². The Hall–Kier alpha value is -1.84. The molecule has 1 unspecified atom stereocenters. The maximum atomic E-state index is 5.95. The first kappa shape index (κ1) is 19.5. The molecule has 2 aromatic heterocycles. The number of aliphatic imine (C=N–C) groups is 1. The van der Waals surface area contributed by atoms with Gasteiger partial charge in [-0.15, -0.1) is 24.0 Å². The summed E-state index contributed by atoms with van der Waals surface area (Å²) in [5, 5.41) is 10.4. The van der Waals surface area contributed by atoms with Crippen molar-refractivity contribution in [2.24, 2.45) is 4.99 Å². The van der Waals surface area contributed by atoms with Crippen LogP contribution in [0.4, 0.5) is 0 Å². The fraction of sp³-hybridized carbons (Fsp3) is 0.471. The zero-order valence-electron chi connectivity index (χ0n) is 14.6. The van der Waals surface area contributed by atoms with Gasteiger partial charge in [0.25, 0.3) is 0 Å². The Morgan fingerprint density at radius 1 is 1.48 bits per heavy atom. The molecule has 2 aromatic rings. The summed E-state index contributed by atoms with van der Waals surface area (Å²) in [7, 11) is 0. The quantitative estimate of drug-likeness (QED) is 0.411. The van der Waals surface area contributed by atoms with Crippen molar-refractivity contribution in [3.8, 4) is 5.88 Å². The van der Waals surface area contributed by atoms with E-state index in [1.54, 1.807) is 6.20 Å². The number of halogens is 1. The maximum absolute atomic E-state index is 5.95. The number of ether oxygens (including phenoxy) is 1. The van der Waals surface area contributed by atoms with Crippen molar-refractivity contribution in [3.63, 3.8) is 0 Å². The van der Waals surface area contributed by atoms with E-state index in [9.17, 15) is 0 Å². The van der Waals surface area contributed by atoms with Gasteiger partial charge in [-0.2, -0.15) is 5.10 Å². The van der Waals surface area contributed by atoms with Crippen molar-refractivity contribution < 1.29 is 4.74 Å². The van der Waals surface area contributed by atoms with E-state index in [1.807, 2.05) is 31.3 Å². The third-order valence-electron chi connectivity index (χ3n) is 4.04. The third kappa shape index (κ3) is 5.32. The molecule has 7 nitrogen and oxygen atoms in total. The Kier molecular flexibility index (Phi) is 7.48. The van der Waals surface area contributed by atoms with Crippen molar-refractivity contribution in [3.05, 3.63) is 41.9 Å². The van der Waals surface area contributed by atoms with E-state index in [-0.39, 0.29) is 30.1 Å². The summed E-state index contributed by atoms with van der Waals surface area (Å²) in [5.41, 5.74) is 2.18. The third-order valence-corrected chi connectivity index (χ3v) is 4.04. The molecule has 136 valence electrons. The SMILES string of the molecule is CCNC(=NCc1cn[nH]c1C)N1CCC(Oc2ccccn2)C1.I. The van der Waals surface area contributed by atoms with Crippen LogP contribution in [-0.4, -0.2) is 51.8 Å². The summed E-state index contributed by atoms with van der Waals surface area (Å²) in [5.74, 6) is 1.60. The fourth-order valence-corrected chi connectivity index (χ4v) is 2.73. The predicted octanol–water partition coefficient (Wildman–Crippen LogP) is 2.35. The number of aromatic amines is 1. The van der Waals surface area contributed by atoms with Gasteiger partial charge < -0.3 is 15.0 Å². The van der Waals surface area contributed by atoms with Gasteiger partial charge in [-0.05, 0) is 19.9 Å². The molecule has 1 fully saturated rings. The van der Waals surface area contributed by atoms with Gasteiger partial charge in [-0.1, -0.05) is 6.07 Å². The van der Waals surface area contributed by atoms with Gasteiger partial charge in [0.2, 0.25) is 5.88 Å². The number of pyridine rings is 1. The molecule has 25 heavy (non-hydrogen) atoms. The van der Waals surface area contributed by atoms with Gasteiger partial charge in [-0.3, -0.25) is 5.10 Å². The lowest BCUT2D eigenvalue weighted by atomic mass is 10.3. The fourth-order valence-electron chi connectivity index (χ4n) is 2.73. The topological polar surface area (TPSA) is 78.4 Å². The van der Waals surface area contributed by atoms with Crippen LogP contribution < -0.4 is 10.1 Å². The summed E-state index contributed by atoms with van der Waals surface area (Å²) >= 11 is 0. The molecule has 0 saturated carbocycles. The summed E-state index contributed by atoms with van der Waals surface area (Å²) in [6, 6.07) is 5.72. The molecule has 1 atom stereocenters. The minimum absolute atomic E-state index is 0. The number of hydrogen-bond donors (Lipinski definition) is 2. The Morgan fingerprint density at radius 2 is 2.36 bits per heavy atom. The van der Waals surface area contributed by atoms with E-state index in [0.717, 1.165) is 43.3 Å². The first-order valence-corrected chi connectivity index (χ1v) is 8.36. The molecule has 3 rings (SSSR count). The summed E-state index contributed by atoms with van der Waals surface area (Å²) in [4.78, 5) is 11.2. The monoisotopic (exact) mass is 456 g/mol. The van der Waals surface area contributed by atoms with Crippen molar-refractivity contribution in [2.45, 2.75) is 32.9 Å². The molecular formula is C17H25IN6O. The van der Waals surface area contributed by atoms with Gasteiger partial charge in [0.05, 0.1) is 19.3 Å². The van der Waals surface area contributed by atoms with E-state index in [2.05, 4.69) is 32.3 Å². The highest BCUT2D eigenvalue weighted by Gasteiger charge is 2.26. The normalized spacial score (nSPS) is 17.3. The molecule has 0 spiro atoms. The minimum atomic E-state index is 0. The average molecular weight is 456 g/mol. The molecule has 0 amide bonds. The van der Waals surface area contributed by atoms with Gasteiger partial charge >= 0.3 is 0 Å². The van der Waals surface area contributed by atoms with E-state index in [0.29, 0.717) is 12.4 Å². The zero-order valence-corrected chi connectivity index (χ0v) is 16.9. The number of aryl methyl sites for hydroxylation is 1. The van der Waals surface area contributed by atoms with Gasteiger partial charge in [0, 0.05) is 43.0 Å². The Labute approximate surface area is 165 Å². The van der Waals surface area contributed by atoms with Gasteiger partial charge in [0.15, 0.2) is 5.96 Å². The minimum Gasteiger partial charge on any atom is -0.472 e. The first-order valence-electron chi connectivity index (χ1n) is 8.36. The van der Waals surface area contributed by atoms with Gasteiger partial charge in [-0.25, -0.2) is 9.98 Å². The molecule has 0 radical (unpaired) electrons. The van der Waals surface area contributed by atoms with Crippen LogP contribution >= 0.6 is 24.0 Å². The van der Waals surface area contributed by atoms with E-state index < -0.39 is 0 Å². The van der Waals surface area contributed by atoms with E-state index in [1.165, 1.54) is 0 Å². The smallest absolute Gasteiger partial charge is 0.213 e. The van der Waals surface area contributed by atoms with Crippen LogP contribution in [-0.2, 0) is 6.54 Å². The van der Waals surface area contributed by atoms with Crippen molar-refractivity contribution in [1.29, 1.82) is 0 Å². The van der Waals surface area contributed by atoms with Crippen LogP contribution in [0.25, 0.3) is 0 Å². The number of likely N-dealkylation sites (tertiary alicyclic amines) is 1. The predicted molar refractivity (Wildman–Crippen MR) is 108 cm³/mol. The number of rotatable bonds is 5. The largest absolute Gasteiger partial charge is 0.472 e. The van der Waals surface area contributed by atoms with Crippen LogP contribution in [0.3, 0.4) is 0 Å². The first-order chi connectivity index (χ1) is 11.8. The molecule has 8 heteroatoms. The highest BCUT2D eigenvalue weighted by molar-refractivity contribution is 14.0. The number of hydrogen-bond acceptors (Lipinski definition) is 4. The maximum Gasteiger partial charge on any atom is 0.213 e. The second-order valence-corrected chi connectivity index (χ2v) is 5.83. The summed E-state index contributed by atoms with van der Waals surface area (Å²) < 4.78 is 5.95. The molecule has 1 aliphatic heterocycles. The number of aromatic nitrogens is 3. The summed E-state index contributed by atoms with van der Waals surface area (Å²) in [6.07, 6.45) is 4.69. The van der Waals surface area contributed by atoms with Crippen molar-refractivity contribution in [1.82, 2.24) is 25.4 Å². The second-order valence-electron chi connectivity index (χ2n) is 5.83. The molecule has 1 aliphatic rings. The Bertz CT molecular complexity index is 675. The lowest BCUT2D eigenvalue weighted by Gasteiger charge is -2.21. The molecule has 2 N–H and O–H groups in total. The number of nitrogens with zero attached hydrogens (tertiary/aromatic N) is 4. The molecule has 0 aromatic carbocycles. The lowest BCUT2D eigenvalue weighted by Crippen LogP contribution is -2.41. The lowest BCUT2D eigenvalue weighted by molar-refractivity contribution is 0.205. The van der Waals surface area contributed by atoms with E-state index in [4.69, 9.17) is 9.73 Å². The highest BCUT2D eigenvalue weighted by Crippen LogP contribution is 2.16. The highest BCUT2D eigenvalue weighted by atomic mass is 127. The van der Waals surface area contributed by atoms with Crippen molar-refractivity contribution >= 4 is 29.9 Å². The van der Waals surface area contributed by atoms with Gasteiger partial charge in [0.1, 0.15) is 6.10 Å². The molecule has 0 aliphatic carbocycles. The zero-order chi connectivity index (χ0) is 16.8. The molecule has 3 heterocycles. The number of nitrogens with one attached hydrogen (secondary N) is 2. The van der Waals surface area contributed by atoms with Crippen LogP contribution in [0.2, 0.25) is 0 Å². The van der Waals surface area contributed by atoms with E-state index >= 15 is 0 Å². The second kappa shape index (κ2) is 9.59. The standard InChI is InChI=1S/C17H24N6O.HI/c1-3-18-17(20-10-14-11-21-22-13(14)2)23-9-7-15(12-23)24-16-6-4-5-8-19-16;/h4-6,8,11,15H,3,7,9-10,12H2,1-2H3,(H,18,20)(H,21,22);1H.